The molecular formula is C23H28N2O3. The first kappa shape index (κ1) is 18.7. The van der Waals surface area contributed by atoms with E-state index < -0.39 is 0 Å². The van der Waals surface area contributed by atoms with Crippen LogP contribution in [0.2, 0.25) is 0 Å². The van der Waals surface area contributed by atoms with Crippen molar-refractivity contribution in [1.29, 1.82) is 0 Å². The fraction of sp³-hybridized carbons (Fsp3) is 0.435. The first-order valence-corrected chi connectivity index (χ1v) is 10.0. The minimum atomic E-state index is -0.138. The normalized spacial score (nSPS) is 23.4. The van der Waals surface area contributed by atoms with Gasteiger partial charge in [0.15, 0.2) is 11.5 Å². The van der Waals surface area contributed by atoms with Gasteiger partial charge in [-0.1, -0.05) is 49.2 Å². The Morgan fingerprint density at radius 2 is 1.89 bits per heavy atom. The molecule has 1 aliphatic carbocycles. The molecule has 1 heterocycles. The highest BCUT2D eigenvalue weighted by molar-refractivity contribution is 5.77. The van der Waals surface area contributed by atoms with Crippen molar-refractivity contribution in [2.24, 2.45) is 5.92 Å². The fourth-order valence-electron chi connectivity index (χ4n) is 4.89. The van der Waals surface area contributed by atoms with Crippen molar-refractivity contribution in [2.75, 3.05) is 20.8 Å². The Morgan fingerprint density at radius 3 is 2.61 bits per heavy atom. The van der Waals surface area contributed by atoms with E-state index in [0.29, 0.717) is 24.0 Å². The van der Waals surface area contributed by atoms with Crippen molar-refractivity contribution < 1.29 is 14.3 Å². The molecule has 5 nitrogen and oxygen atoms in total. The molecule has 0 aromatic heterocycles. The van der Waals surface area contributed by atoms with Crippen LogP contribution in [0, 0.1) is 5.92 Å². The highest BCUT2D eigenvalue weighted by atomic mass is 16.5. The minimum absolute atomic E-state index is 0.0109. The Kier molecular flexibility index (Phi) is 5.16. The largest absolute Gasteiger partial charge is 0.493 e. The molecule has 0 radical (unpaired) electrons. The number of hydrogen-bond donors (Lipinski definition) is 1. The first-order chi connectivity index (χ1) is 13.7. The smallest absolute Gasteiger partial charge is 0.318 e. The molecule has 1 saturated carbocycles. The number of hydrogen-bond acceptors (Lipinski definition) is 3. The molecule has 5 heteroatoms. The molecule has 1 aliphatic heterocycles. The van der Waals surface area contributed by atoms with Gasteiger partial charge in [0, 0.05) is 19.0 Å². The zero-order valence-electron chi connectivity index (χ0n) is 16.6. The Labute approximate surface area is 166 Å². The lowest BCUT2D eigenvalue weighted by Crippen LogP contribution is -2.69. The fourth-order valence-corrected chi connectivity index (χ4v) is 4.89. The summed E-state index contributed by atoms with van der Waals surface area (Å²) in [6, 6.07) is 16.3. The maximum Gasteiger partial charge on any atom is 0.318 e. The number of ether oxygens (including phenoxy) is 2. The van der Waals surface area contributed by atoms with Crippen LogP contribution in [0.4, 0.5) is 4.79 Å². The molecule has 0 unspecified atom stereocenters. The van der Waals surface area contributed by atoms with Crippen molar-refractivity contribution >= 4 is 6.03 Å². The monoisotopic (exact) mass is 380 g/mol. The molecule has 0 bridgehead atoms. The van der Waals surface area contributed by atoms with Crippen LogP contribution < -0.4 is 14.8 Å². The summed E-state index contributed by atoms with van der Waals surface area (Å²) in [6.07, 6.45) is 4.69. The number of amides is 2. The van der Waals surface area contributed by atoms with Crippen LogP contribution in [-0.4, -0.2) is 31.7 Å². The molecule has 28 heavy (non-hydrogen) atoms. The van der Waals surface area contributed by atoms with Crippen molar-refractivity contribution in [3.8, 4) is 11.5 Å². The van der Waals surface area contributed by atoms with E-state index in [2.05, 4.69) is 29.6 Å². The quantitative estimate of drug-likeness (QED) is 0.841. The van der Waals surface area contributed by atoms with E-state index in [1.165, 1.54) is 24.8 Å². The van der Waals surface area contributed by atoms with Crippen LogP contribution in [0.5, 0.6) is 11.5 Å². The Morgan fingerprint density at radius 1 is 1.11 bits per heavy atom. The number of rotatable bonds is 5. The van der Waals surface area contributed by atoms with Gasteiger partial charge in [-0.25, -0.2) is 4.79 Å². The SMILES string of the molecule is COc1ccc(CNC(=O)N2C[C@H]3CCCC[C@]32c2ccccc2)cc1OC. The number of nitrogens with one attached hydrogen (secondary N) is 1. The van der Waals surface area contributed by atoms with Gasteiger partial charge >= 0.3 is 6.03 Å². The van der Waals surface area contributed by atoms with Crippen LogP contribution in [0.25, 0.3) is 0 Å². The van der Waals surface area contributed by atoms with Gasteiger partial charge in [0.2, 0.25) is 0 Å². The van der Waals surface area contributed by atoms with E-state index >= 15 is 0 Å². The van der Waals surface area contributed by atoms with Crippen LogP contribution in [0.15, 0.2) is 48.5 Å². The van der Waals surface area contributed by atoms with Crippen molar-refractivity contribution in [3.63, 3.8) is 0 Å². The van der Waals surface area contributed by atoms with E-state index in [4.69, 9.17) is 9.47 Å². The number of methoxy groups -OCH3 is 2. The number of urea groups is 1. The Balaban J connectivity index is 1.49. The summed E-state index contributed by atoms with van der Waals surface area (Å²) in [5.41, 5.74) is 2.12. The Bertz CT molecular complexity index is 839. The molecule has 1 N–H and O–H groups in total. The Hall–Kier alpha value is -2.69. The van der Waals surface area contributed by atoms with Crippen LogP contribution in [0.1, 0.15) is 36.8 Å². The second kappa shape index (κ2) is 7.74. The number of benzene rings is 2. The van der Waals surface area contributed by atoms with Crippen LogP contribution in [0.3, 0.4) is 0 Å². The van der Waals surface area contributed by atoms with Gasteiger partial charge in [-0.2, -0.15) is 0 Å². The zero-order valence-corrected chi connectivity index (χ0v) is 16.6. The average molecular weight is 380 g/mol. The van der Waals surface area contributed by atoms with E-state index in [1.807, 2.05) is 29.2 Å². The first-order valence-electron chi connectivity index (χ1n) is 10.0. The topological polar surface area (TPSA) is 50.8 Å². The number of carbonyl (C=O) groups excluding carboxylic acids is 1. The molecule has 2 atom stereocenters. The summed E-state index contributed by atoms with van der Waals surface area (Å²) < 4.78 is 10.6. The van der Waals surface area contributed by atoms with E-state index in [0.717, 1.165) is 18.5 Å². The summed E-state index contributed by atoms with van der Waals surface area (Å²) in [7, 11) is 3.24. The third-order valence-corrected chi connectivity index (χ3v) is 6.33. The molecular weight excluding hydrogens is 352 g/mol. The molecule has 2 fully saturated rings. The maximum atomic E-state index is 13.1. The number of fused-ring (bicyclic) bond motifs is 1. The summed E-state index contributed by atoms with van der Waals surface area (Å²) in [6.45, 7) is 1.30. The number of nitrogens with zero attached hydrogens (tertiary/aromatic N) is 1. The van der Waals surface area contributed by atoms with Gasteiger partial charge in [-0.3, -0.25) is 0 Å². The number of likely N-dealkylation sites (tertiary alicyclic amines) is 1. The van der Waals surface area contributed by atoms with Crippen molar-refractivity contribution in [2.45, 2.75) is 37.8 Å². The van der Waals surface area contributed by atoms with Gasteiger partial charge < -0.3 is 19.7 Å². The third kappa shape index (κ3) is 3.09. The lowest BCUT2D eigenvalue weighted by Gasteiger charge is -2.61. The van der Waals surface area contributed by atoms with Crippen molar-refractivity contribution in [1.82, 2.24) is 10.2 Å². The van der Waals surface area contributed by atoms with Gasteiger partial charge in [-0.15, -0.1) is 0 Å². The maximum absolute atomic E-state index is 13.1. The van der Waals surface area contributed by atoms with Crippen LogP contribution in [-0.2, 0) is 12.1 Å². The predicted molar refractivity (Wildman–Crippen MR) is 109 cm³/mol. The van der Waals surface area contributed by atoms with E-state index in [-0.39, 0.29) is 11.6 Å². The van der Waals surface area contributed by atoms with Crippen LogP contribution >= 0.6 is 0 Å². The van der Waals surface area contributed by atoms with E-state index in [9.17, 15) is 4.79 Å². The van der Waals surface area contributed by atoms with E-state index in [1.54, 1.807) is 14.2 Å². The van der Waals surface area contributed by atoms with Gasteiger partial charge in [0.05, 0.1) is 19.8 Å². The molecule has 2 aromatic rings. The van der Waals surface area contributed by atoms with Gasteiger partial charge in [-0.05, 0) is 36.1 Å². The molecule has 2 aliphatic rings. The average Bonchev–Trinajstić information content (AvgIpc) is 2.73. The summed E-state index contributed by atoms with van der Waals surface area (Å²) in [4.78, 5) is 15.1. The summed E-state index contributed by atoms with van der Waals surface area (Å²) >= 11 is 0. The minimum Gasteiger partial charge on any atom is -0.493 e. The summed E-state index contributed by atoms with van der Waals surface area (Å²) in [5, 5.41) is 3.11. The molecule has 0 spiro atoms. The molecule has 148 valence electrons. The second-order valence-electron chi connectivity index (χ2n) is 7.69. The predicted octanol–water partition coefficient (Wildman–Crippen LogP) is 4.31. The third-order valence-electron chi connectivity index (χ3n) is 6.33. The number of carbonyl (C=O) groups is 1. The van der Waals surface area contributed by atoms with Crippen molar-refractivity contribution in [3.05, 3.63) is 59.7 Å². The lowest BCUT2D eigenvalue weighted by molar-refractivity contribution is -0.0794. The molecule has 4 rings (SSSR count). The zero-order chi connectivity index (χ0) is 19.6. The molecule has 2 amide bonds. The van der Waals surface area contributed by atoms with Gasteiger partial charge in [0.25, 0.3) is 0 Å². The lowest BCUT2D eigenvalue weighted by atomic mass is 9.62. The van der Waals surface area contributed by atoms with Gasteiger partial charge in [0.1, 0.15) is 0 Å². The highest BCUT2D eigenvalue weighted by Gasteiger charge is 2.56. The standard InChI is InChI=1S/C23H28N2O3/c1-27-20-12-11-17(14-21(20)28-2)15-24-22(26)25-16-19-10-6-7-13-23(19,25)18-8-4-3-5-9-18/h3-5,8-9,11-12,14,19H,6-7,10,13,15-16H2,1-2H3,(H,24,26)/t19-,23+/m1/s1. The molecule has 2 aromatic carbocycles. The second-order valence-corrected chi connectivity index (χ2v) is 7.69. The summed E-state index contributed by atoms with van der Waals surface area (Å²) in [5.74, 6) is 1.93. The molecule has 1 saturated heterocycles. The highest BCUT2D eigenvalue weighted by Crippen LogP contribution is 2.53.